The maximum Gasteiger partial charge on any atom is 0.240 e. The van der Waals surface area contributed by atoms with Crippen molar-refractivity contribution >= 4 is 11.6 Å². The second-order valence-corrected chi connectivity index (χ2v) is 5.09. The summed E-state index contributed by atoms with van der Waals surface area (Å²) in [7, 11) is 0. The van der Waals surface area contributed by atoms with Crippen molar-refractivity contribution in [1.82, 2.24) is 5.32 Å². The number of rotatable bonds is 3. The Hall–Kier alpha value is -1.55. The molecule has 1 aromatic rings. The maximum atomic E-state index is 12.1. The molecule has 104 valence electrons. The van der Waals surface area contributed by atoms with Crippen LogP contribution in [0.2, 0.25) is 0 Å². The molecule has 0 aromatic heterocycles. The van der Waals surface area contributed by atoms with E-state index in [9.17, 15) is 4.79 Å². The molecule has 0 unspecified atom stereocenters. The van der Waals surface area contributed by atoms with Crippen LogP contribution in [0.1, 0.15) is 26.7 Å². The van der Waals surface area contributed by atoms with Gasteiger partial charge in [0.1, 0.15) is 5.75 Å². The molecule has 1 aromatic carbocycles. The number of carbonyl (C=O) groups excluding carboxylic acids is 1. The second-order valence-electron chi connectivity index (χ2n) is 5.09. The maximum absolute atomic E-state index is 12.1. The second kappa shape index (κ2) is 6.57. The van der Waals surface area contributed by atoms with Crippen molar-refractivity contribution < 1.29 is 9.53 Å². The Morgan fingerprint density at radius 2 is 1.95 bits per heavy atom. The zero-order chi connectivity index (χ0) is 13.7. The van der Waals surface area contributed by atoms with Gasteiger partial charge in [0, 0.05) is 12.2 Å². The predicted molar refractivity (Wildman–Crippen MR) is 76.7 cm³/mol. The Bertz CT molecular complexity index is 415. The first-order valence-corrected chi connectivity index (χ1v) is 6.94. The van der Waals surface area contributed by atoms with Gasteiger partial charge in [-0.25, -0.2) is 0 Å². The van der Waals surface area contributed by atoms with Crippen LogP contribution in [0.5, 0.6) is 5.75 Å². The highest BCUT2D eigenvalue weighted by atomic mass is 16.5. The Labute approximate surface area is 114 Å². The molecule has 1 fully saturated rings. The minimum atomic E-state index is 0.136. The standard InChI is InChI=1S/C15H22N2O2/c1-12(2)19-14-7-5-13(6-8-14)17-10-4-3-9-16-11-15(17)18/h5-8,12,16H,3-4,9-11H2,1-2H3. The summed E-state index contributed by atoms with van der Waals surface area (Å²) in [4.78, 5) is 13.9. The quantitative estimate of drug-likeness (QED) is 0.908. The predicted octanol–water partition coefficient (Wildman–Crippen LogP) is 2.19. The van der Waals surface area contributed by atoms with Crippen LogP contribution in [0.15, 0.2) is 24.3 Å². The van der Waals surface area contributed by atoms with Crippen molar-refractivity contribution in [3.05, 3.63) is 24.3 Å². The Balaban J connectivity index is 2.08. The van der Waals surface area contributed by atoms with Crippen LogP contribution in [0, 0.1) is 0 Å². The molecule has 4 nitrogen and oxygen atoms in total. The highest BCUT2D eigenvalue weighted by Gasteiger charge is 2.16. The molecule has 2 rings (SSSR count). The van der Waals surface area contributed by atoms with Gasteiger partial charge in [0.2, 0.25) is 5.91 Å². The third-order valence-electron chi connectivity index (χ3n) is 3.08. The van der Waals surface area contributed by atoms with E-state index in [1.807, 2.05) is 43.0 Å². The van der Waals surface area contributed by atoms with Crippen molar-refractivity contribution in [2.75, 3.05) is 24.5 Å². The lowest BCUT2D eigenvalue weighted by Gasteiger charge is -2.25. The van der Waals surface area contributed by atoms with Crippen LogP contribution in [-0.4, -0.2) is 31.6 Å². The Morgan fingerprint density at radius 1 is 1.21 bits per heavy atom. The summed E-state index contributed by atoms with van der Waals surface area (Å²) in [5.74, 6) is 0.980. The number of amides is 1. The van der Waals surface area contributed by atoms with Crippen molar-refractivity contribution in [2.45, 2.75) is 32.8 Å². The molecule has 0 aliphatic carbocycles. The average Bonchev–Trinajstić information content (AvgIpc) is 2.35. The number of nitrogens with zero attached hydrogens (tertiary/aromatic N) is 1. The van der Waals surface area contributed by atoms with Crippen molar-refractivity contribution in [3.8, 4) is 5.75 Å². The first-order chi connectivity index (χ1) is 9.16. The lowest BCUT2D eigenvalue weighted by molar-refractivity contribution is -0.118. The van der Waals surface area contributed by atoms with Crippen LogP contribution < -0.4 is 15.0 Å². The summed E-state index contributed by atoms with van der Waals surface area (Å²) in [6.45, 7) is 6.15. The number of carbonyl (C=O) groups is 1. The molecular formula is C15H22N2O2. The molecule has 19 heavy (non-hydrogen) atoms. The number of hydrogen-bond acceptors (Lipinski definition) is 3. The van der Waals surface area contributed by atoms with Crippen molar-refractivity contribution in [2.24, 2.45) is 0 Å². The van der Waals surface area contributed by atoms with Gasteiger partial charge in [-0.05, 0) is 57.5 Å². The van der Waals surface area contributed by atoms with Crippen molar-refractivity contribution in [3.63, 3.8) is 0 Å². The minimum Gasteiger partial charge on any atom is -0.491 e. The summed E-state index contributed by atoms with van der Waals surface area (Å²) in [5, 5.41) is 3.16. The molecule has 1 aliphatic rings. The number of ether oxygens (including phenoxy) is 1. The van der Waals surface area contributed by atoms with E-state index in [0.717, 1.165) is 37.4 Å². The first-order valence-electron chi connectivity index (χ1n) is 6.94. The minimum absolute atomic E-state index is 0.136. The number of hydrogen-bond donors (Lipinski definition) is 1. The molecular weight excluding hydrogens is 240 g/mol. The first kappa shape index (κ1) is 13.9. The molecule has 0 radical (unpaired) electrons. The van der Waals surface area contributed by atoms with E-state index >= 15 is 0 Å². The van der Waals surface area contributed by atoms with E-state index in [1.165, 1.54) is 0 Å². The zero-order valence-electron chi connectivity index (χ0n) is 11.7. The van der Waals surface area contributed by atoms with Crippen LogP contribution in [0.3, 0.4) is 0 Å². The van der Waals surface area contributed by atoms with Gasteiger partial charge in [0.25, 0.3) is 0 Å². The van der Waals surface area contributed by atoms with E-state index in [4.69, 9.17) is 4.74 Å². The largest absolute Gasteiger partial charge is 0.491 e. The molecule has 1 aliphatic heterocycles. The molecule has 1 saturated heterocycles. The van der Waals surface area contributed by atoms with Gasteiger partial charge < -0.3 is 15.0 Å². The van der Waals surface area contributed by atoms with Crippen LogP contribution in [0.25, 0.3) is 0 Å². The smallest absolute Gasteiger partial charge is 0.240 e. The summed E-state index contributed by atoms with van der Waals surface area (Å²) >= 11 is 0. The number of nitrogens with one attached hydrogen (secondary N) is 1. The molecule has 1 amide bonds. The van der Waals surface area contributed by atoms with Gasteiger partial charge >= 0.3 is 0 Å². The number of benzene rings is 1. The highest BCUT2D eigenvalue weighted by molar-refractivity contribution is 5.94. The molecule has 0 bridgehead atoms. The van der Waals surface area contributed by atoms with Gasteiger partial charge in [-0.1, -0.05) is 0 Å². The van der Waals surface area contributed by atoms with Crippen molar-refractivity contribution in [1.29, 1.82) is 0 Å². The summed E-state index contributed by atoms with van der Waals surface area (Å²) in [6.07, 6.45) is 2.31. The van der Waals surface area contributed by atoms with Crippen LogP contribution >= 0.6 is 0 Å². The lowest BCUT2D eigenvalue weighted by Crippen LogP contribution is -2.41. The fraction of sp³-hybridized carbons (Fsp3) is 0.533. The van der Waals surface area contributed by atoms with E-state index in [-0.39, 0.29) is 12.0 Å². The zero-order valence-corrected chi connectivity index (χ0v) is 11.7. The summed E-state index contributed by atoms with van der Waals surface area (Å²) in [5.41, 5.74) is 0.949. The van der Waals surface area contributed by atoms with E-state index in [0.29, 0.717) is 6.54 Å². The van der Waals surface area contributed by atoms with Gasteiger partial charge in [0.05, 0.1) is 12.6 Å². The third-order valence-corrected chi connectivity index (χ3v) is 3.08. The molecule has 0 atom stereocenters. The average molecular weight is 262 g/mol. The SMILES string of the molecule is CC(C)Oc1ccc(N2CCCCNCC2=O)cc1. The molecule has 0 saturated carbocycles. The molecule has 1 N–H and O–H groups in total. The Morgan fingerprint density at radius 3 is 2.63 bits per heavy atom. The summed E-state index contributed by atoms with van der Waals surface area (Å²) < 4.78 is 5.61. The van der Waals surface area contributed by atoms with Gasteiger partial charge in [0.15, 0.2) is 0 Å². The van der Waals surface area contributed by atoms with Gasteiger partial charge in [-0.15, -0.1) is 0 Å². The fourth-order valence-electron chi connectivity index (χ4n) is 2.19. The summed E-state index contributed by atoms with van der Waals surface area (Å²) in [6, 6.07) is 7.76. The third kappa shape index (κ3) is 3.96. The molecule has 4 heteroatoms. The molecule has 1 heterocycles. The fourth-order valence-corrected chi connectivity index (χ4v) is 2.19. The molecule has 0 spiro atoms. The van der Waals surface area contributed by atoms with Gasteiger partial charge in [-0.3, -0.25) is 4.79 Å². The monoisotopic (exact) mass is 262 g/mol. The van der Waals surface area contributed by atoms with Crippen LogP contribution in [0.4, 0.5) is 5.69 Å². The van der Waals surface area contributed by atoms with Gasteiger partial charge in [-0.2, -0.15) is 0 Å². The Kier molecular flexibility index (Phi) is 4.80. The van der Waals surface area contributed by atoms with Crippen LogP contribution in [-0.2, 0) is 4.79 Å². The lowest BCUT2D eigenvalue weighted by atomic mass is 10.2. The van der Waals surface area contributed by atoms with E-state index in [1.54, 1.807) is 0 Å². The topological polar surface area (TPSA) is 41.6 Å². The highest BCUT2D eigenvalue weighted by Crippen LogP contribution is 2.21. The number of anilines is 1. The van der Waals surface area contributed by atoms with E-state index < -0.39 is 0 Å². The normalized spacial score (nSPS) is 17.2. The van der Waals surface area contributed by atoms with E-state index in [2.05, 4.69) is 5.32 Å².